The largest absolute Gasteiger partial charge is 0.492 e. The molecule has 3 rings (SSSR count). The normalized spacial score (nSPS) is 10.6. The maximum atomic E-state index is 12.3. The molecular formula is C19H18N2O5S. The molecule has 0 aliphatic rings. The summed E-state index contributed by atoms with van der Waals surface area (Å²) in [6.45, 7) is 2.46. The molecular weight excluding hydrogens is 368 g/mol. The zero-order chi connectivity index (χ0) is 19.2. The zero-order valence-corrected chi connectivity index (χ0v) is 15.3. The number of benzene rings is 2. The molecule has 0 fully saturated rings. The molecule has 0 radical (unpaired) electrons. The van der Waals surface area contributed by atoms with Gasteiger partial charge in [-0.2, -0.15) is 0 Å². The Kier molecular flexibility index (Phi) is 6.00. The molecule has 0 spiro atoms. The highest BCUT2D eigenvalue weighted by Crippen LogP contribution is 2.25. The molecule has 3 N–H and O–H groups in total. The third-order valence-electron chi connectivity index (χ3n) is 3.83. The van der Waals surface area contributed by atoms with Crippen LogP contribution >= 0.6 is 11.8 Å². The highest BCUT2D eigenvalue weighted by atomic mass is 32.2. The first-order valence-corrected chi connectivity index (χ1v) is 9.01. The van der Waals surface area contributed by atoms with Crippen molar-refractivity contribution in [1.29, 1.82) is 0 Å². The number of hydrogen-bond donors (Lipinski definition) is 3. The first-order chi connectivity index (χ1) is 13.1. The van der Waals surface area contributed by atoms with Gasteiger partial charge in [0.25, 0.3) is 5.91 Å². The number of hydrogen-bond acceptors (Lipinski definition) is 6. The highest BCUT2D eigenvalue weighted by molar-refractivity contribution is 8.13. The van der Waals surface area contributed by atoms with Crippen molar-refractivity contribution in [3.05, 3.63) is 59.9 Å². The van der Waals surface area contributed by atoms with Crippen molar-refractivity contribution in [2.75, 3.05) is 13.2 Å². The Morgan fingerprint density at radius 2 is 1.89 bits per heavy atom. The van der Waals surface area contributed by atoms with E-state index in [4.69, 9.17) is 14.4 Å². The Balaban J connectivity index is 1.49. The molecule has 8 heteroatoms. The van der Waals surface area contributed by atoms with Gasteiger partial charge in [0.1, 0.15) is 17.9 Å². The molecule has 1 heterocycles. The number of hydroxylamine groups is 1. The first-order valence-electron chi connectivity index (χ1n) is 8.19. The number of rotatable bonds is 6. The van der Waals surface area contributed by atoms with Crippen molar-refractivity contribution in [1.82, 2.24) is 10.8 Å². The van der Waals surface area contributed by atoms with Crippen LogP contribution in [0.5, 0.6) is 5.75 Å². The lowest BCUT2D eigenvalue weighted by Crippen LogP contribution is -2.28. The topological polar surface area (TPSA) is 101 Å². The average molecular weight is 386 g/mol. The summed E-state index contributed by atoms with van der Waals surface area (Å²) in [6, 6.07) is 14.3. The van der Waals surface area contributed by atoms with E-state index in [-0.39, 0.29) is 12.5 Å². The Morgan fingerprint density at radius 1 is 1.15 bits per heavy atom. The maximum Gasteiger partial charge on any atom is 0.307 e. The number of nitrogens with one attached hydrogen (secondary N) is 2. The number of carbonyl (C=O) groups is 2. The van der Waals surface area contributed by atoms with E-state index in [1.54, 1.807) is 29.7 Å². The van der Waals surface area contributed by atoms with Crippen molar-refractivity contribution in [2.24, 2.45) is 0 Å². The summed E-state index contributed by atoms with van der Waals surface area (Å²) in [7, 11) is 0. The van der Waals surface area contributed by atoms with E-state index in [9.17, 15) is 9.59 Å². The van der Waals surface area contributed by atoms with Crippen LogP contribution < -0.4 is 15.5 Å². The summed E-state index contributed by atoms with van der Waals surface area (Å²) in [5.74, 6) is 0.631. The Morgan fingerprint density at radius 3 is 2.59 bits per heavy atom. The van der Waals surface area contributed by atoms with Crippen LogP contribution in [0.2, 0.25) is 0 Å². The van der Waals surface area contributed by atoms with Crippen LogP contribution in [0.3, 0.4) is 0 Å². The van der Waals surface area contributed by atoms with E-state index in [0.29, 0.717) is 28.5 Å². The second-order valence-electron chi connectivity index (χ2n) is 5.63. The summed E-state index contributed by atoms with van der Waals surface area (Å²) in [6.07, 6.45) is 0. The fraction of sp³-hybridized carbons (Fsp3) is 0.158. The fourth-order valence-electron chi connectivity index (χ4n) is 2.54. The third-order valence-corrected chi connectivity index (χ3v) is 4.62. The minimum atomic E-state index is -0.563. The quantitative estimate of drug-likeness (QED) is 0.258. The van der Waals surface area contributed by atoms with Crippen molar-refractivity contribution < 1.29 is 24.0 Å². The zero-order valence-electron chi connectivity index (χ0n) is 14.5. The highest BCUT2D eigenvalue weighted by Gasteiger charge is 2.16. The van der Waals surface area contributed by atoms with Gasteiger partial charge in [0.05, 0.1) is 6.54 Å². The van der Waals surface area contributed by atoms with Crippen LogP contribution in [0.1, 0.15) is 16.1 Å². The minimum Gasteiger partial charge on any atom is -0.492 e. The molecule has 0 aliphatic carbocycles. The summed E-state index contributed by atoms with van der Waals surface area (Å²) in [4.78, 5) is 24.0. The van der Waals surface area contributed by atoms with E-state index < -0.39 is 5.24 Å². The molecule has 0 atom stereocenters. The Labute approximate surface area is 159 Å². The summed E-state index contributed by atoms with van der Waals surface area (Å²) < 4.78 is 11.2. The average Bonchev–Trinajstić information content (AvgIpc) is 3.03. The van der Waals surface area contributed by atoms with Crippen LogP contribution in [-0.4, -0.2) is 29.5 Å². The lowest BCUT2D eigenvalue weighted by atomic mass is 10.1. The number of furan rings is 1. The van der Waals surface area contributed by atoms with Gasteiger partial charge in [0, 0.05) is 15.8 Å². The molecule has 2 aromatic carbocycles. The number of para-hydroxylation sites is 1. The van der Waals surface area contributed by atoms with Crippen LogP contribution in [-0.2, 0) is 0 Å². The minimum absolute atomic E-state index is 0.283. The van der Waals surface area contributed by atoms with Gasteiger partial charge in [-0.15, -0.1) is 0 Å². The predicted molar refractivity (Wildman–Crippen MR) is 101 cm³/mol. The predicted octanol–water partition coefficient (Wildman–Crippen LogP) is 3.74. The molecule has 27 heavy (non-hydrogen) atoms. The van der Waals surface area contributed by atoms with Gasteiger partial charge in [-0.1, -0.05) is 18.2 Å². The van der Waals surface area contributed by atoms with Gasteiger partial charge in [-0.05, 0) is 49.0 Å². The number of fused-ring (bicyclic) bond motifs is 1. The van der Waals surface area contributed by atoms with Crippen LogP contribution in [0.4, 0.5) is 4.79 Å². The molecule has 0 aliphatic heterocycles. The molecule has 0 bridgehead atoms. The number of aryl methyl sites for hydroxylation is 1. The van der Waals surface area contributed by atoms with Gasteiger partial charge in [0.15, 0.2) is 5.76 Å². The Hall–Kier alpha value is -2.97. The molecule has 0 saturated heterocycles. The molecule has 140 valence electrons. The molecule has 2 amide bonds. The van der Waals surface area contributed by atoms with Crippen LogP contribution in [0.15, 0.2) is 57.8 Å². The number of amides is 2. The molecule has 1 aromatic heterocycles. The van der Waals surface area contributed by atoms with Crippen molar-refractivity contribution in [2.45, 2.75) is 11.8 Å². The molecule has 0 unspecified atom stereocenters. The van der Waals surface area contributed by atoms with Crippen LogP contribution in [0, 0.1) is 6.92 Å². The first kappa shape index (κ1) is 18.8. The van der Waals surface area contributed by atoms with E-state index in [2.05, 4.69) is 5.32 Å². The second kappa shape index (κ2) is 8.61. The lowest BCUT2D eigenvalue weighted by Gasteiger charge is -2.08. The number of ether oxygens (including phenoxy) is 1. The third kappa shape index (κ3) is 4.60. The monoisotopic (exact) mass is 386 g/mol. The standard InChI is InChI=1S/C19H18N2O5S/c1-12-15-4-2-3-5-16(15)26-17(12)18(22)20-10-11-25-13-6-8-14(9-7-13)27-19(23)21-24/h2-9,24H,10-11H2,1H3,(H,20,22)(H,21,23). The summed E-state index contributed by atoms with van der Waals surface area (Å²) in [5.41, 5.74) is 3.04. The Bertz CT molecular complexity index is 952. The second-order valence-corrected chi connectivity index (χ2v) is 6.68. The van der Waals surface area contributed by atoms with E-state index in [1.807, 2.05) is 31.2 Å². The summed E-state index contributed by atoms with van der Waals surface area (Å²) in [5, 5.41) is 11.6. The van der Waals surface area contributed by atoms with Gasteiger partial charge in [-0.3, -0.25) is 14.8 Å². The van der Waals surface area contributed by atoms with Gasteiger partial charge in [0.2, 0.25) is 0 Å². The van der Waals surface area contributed by atoms with Gasteiger partial charge >= 0.3 is 5.24 Å². The van der Waals surface area contributed by atoms with Crippen molar-refractivity contribution in [3.63, 3.8) is 0 Å². The van der Waals surface area contributed by atoms with Crippen molar-refractivity contribution >= 4 is 33.9 Å². The van der Waals surface area contributed by atoms with Gasteiger partial charge < -0.3 is 14.5 Å². The molecule has 0 saturated carbocycles. The number of carbonyl (C=O) groups excluding carboxylic acids is 2. The molecule has 7 nitrogen and oxygen atoms in total. The smallest absolute Gasteiger partial charge is 0.307 e. The van der Waals surface area contributed by atoms with E-state index in [0.717, 1.165) is 22.7 Å². The summed E-state index contributed by atoms with van der Waals surface area (Å²) >= 11 is 0.862. The van der Waals surface area contributed by atoms with E-state index in [1.165, 1.54) is 0 Å². The number of thioether (sulfide) groups is 1. The van der Waals surface area contributed by atoms with Gasteiger partial charge in [-0.25, -0.2) is 5.48 Å². The van der Waals surface area contributed by atoms with Crippen molar-refractivity contribution in [3.8, 4) is 5.75 Å². The SMILES string of the molecule is Cc1c(C(=O)NCCOc2ccc(SC(=O)NO)cc2)oc2ccccc12. The lowest BCUT2D eigenvalue weighted by molar-refractivity contribution is 0.0920. The maximum absolute atomic E-state index is 12.3. The fourth-order valence-corrected chi connectivity index (χ4v) is 3.07. The van der Waals surface area contributed by atoms with Crippen LogP contribution in [0.25, 0.3) is 11.0 Å². The molecule has 3 aromatic rings. The van der Waals surface area contributed by atoms with E-state index >= 15 is 0 Å².